The van der Waals surface area contributed by atoms with Crippen LogP contribution in [0.4, 0.5) is 0 Å². The minimum atomic E-state index is -2.60. The van der Waals surface area contributed by atoms with Crippen LogP contribution < -0.4 is 4.89 Å². The first-order chi connectivity index (χ1) is 25.7. The lowest BCUT2D eigenvalue weighted by atomic mass is 9.80. The van der Waals surface area contributed by atoms with Crippen LogP contribution in [0.5, 0.6) is 0 Å². The van der Waals surface area contributed by atoms with E-state index in [1.807, 2.05) is 0 Å². The van der Waals surface area contributed by atoms with E-state index in [0.29, 0.717) is 23.0 Å². The van der Waals surface area contributed by atoms with Gasteiger partial charge in [-0.25, -0.2) is 0 Å². The minimum Gasteiger partial charge on any atom is -0.751 e. The molecule has 0 radical (unpaired) electrons. The Morgan fingerprint density at radius 2 is 0.741 bits per heavy atom. The molecule has 0 N–H and O–H groups in total. The summed E-state index contributed by atoms with van der Waals surface area (Å²) in [6, 6.07) is 31.2. The molecule has 0 unspecified atom stereocenters. The third-order valence-corrected chi connectivity index (χ3v) is 12.1. The van der Waals surface area contributed by atoms with Crippen molar-refractivity contribution < 1.29 is 13.3 Å². The zero-order valence-corrected chi connectivity index (χ0v) is 35.1. The average Bonchev–Trinajstić information content (AvgIpc) is 3.29. The van der Waals surface area contributed by atoms with Crippen molar-refractivity contribution in [2.45, 2.75) is 119 Å². The van der Waals surface area contributed by atoms with Crippen molar-refractivity contribution in [1.29, 1.82) is 0 Å². The molecule has 0 aliphatic rings. The predicted molar refractivity (Wildman–Crippen MR) is 232 cm³/mol. The summed E-state index contributed by atoms with van der Waals surface area (Å²) in [5, 5.41) is 6.19. The number of fused-ring (bicyclic) bond motifs is 7. The van der Waals surface area contributed by atoms with Gasteiger partial charge in [-0.2, -0.15) is 0 Å². The fraction of sp³-hybridized carbons (Fsp3) is 0.360. The van der Waals surface area contributed by atoms with Gasteiger partial charge in [0.25, 0.3) is 0 Å². The van der Waals surface area contributed by atoms with Crippen LogP contribution in [0, 0.1) is 0 Å². The smallest absolute Gasteiger partial charge is 0.149 e. The normalized spacial score (nSPS) is 12.4. The van der Waals surface area contributed by atoms with E-state index in [0.717, 1.165) is 43.4 Å². The van der Waals surface area contributed by atoms with Crippen molar-refractivity contribution in [3.63, 3.8) is 0 Å². The molecule has 280 valence electrons. The Kier molecular flexibility index (Phi) is 10.4. The third kappa shape index (κ3) is 6.58. The van der Waals surface area contributed by atoms with E-state index in [4.69, 9.17) is 8.39 Å². The maximum atomic E-state index is 14.5. The molecule has 0 fully saturated rings. The van der Waals surface area contributed by atoms with Crippen LogP contribution in [0.15, 0.2) is 93.3 Å². The van der Waals surface area contributed by atoms with Crippen LogP contribution in [-0.4, -0.2) is 0 Å². The van der Waals surface area contributed by atoms with Crippen molar-refractivity contribution in [2.24, 2.45) is 0 Å². The van der Waals surface area contributed by atoms with Crippen LogP contribution in [0.1, 0.15) is 152 Å². The predicted octanol–water partition coefficient (Wildman–Crippen LogP) is 15.8. The van der Waals surface area contributed by atoms with E-state index in [9.17, 15) is 4.89 Å². The Morgan fingerprint density at radius 3 is 1.04 bits per heavy atom. The van der Waals surface area contributed by atoms with Gasteiger partial charge >= 0.3 is 0 Å². The van der Waals surface area contributed by atoms with E-state index in [1.54, 1.807) is 0 Å². The quantitative estimate of drug-likeness (QED) is 0.156. The van der Waals surface area contributed by atoms with Crippen molar-refractivity contribution in [3.8, 4) is 22.3 Å². The summed E-state index contributed by atoms with van der Waals surface area (Å²) in [7, 11) is -2.60. The van der Waals surface area contributed by atoms with Crippen LogP contribution in [0.3, 0.4) is 0 Å². The molecule has 54 heavy (non-hydrogen) atoms. The van der Waals surface area contributed by atoms with Crippen LogP contribution >= 0.6 is 8.24 Å². The van der Waals surface area contributed by atoms with Gasteiger partial charge in [-0.3, -0.25) is 0 Å². The second-order valence-electron chi connectivity index (χ2n) is 17.2. The summed E-state index contributed by atoms with van der Waals surface area (Å²) in [4.78, 5) is 14.5. The van der Waals surface area contributed by atoms with E-state index in [-0.39, 0.29) is 23.7 Å². The summed E-state index contributed by atoms with van der Waals surface area (Å²) in [5.41, 5.74) is 13.3. The van der Waals surface area contributed by atoms with Gasteiger partial charge in [-0.05, 0) is 114 Å². The summed E-state index contributed by atoms with van der Waals surface area (Å²) >= 11 is 0. The largest absolute Gasteiger partial charge is 0.751 e. The molecule has 0 bridgehead atoms. The SMILES string of the molecule is CC(C)c1cc(C(C)C)c(-c2cc3ccccc3c3c2op([O-])oc2c(-c4c(C(C)C)cc(C(C)C)cc4C(C)C)cc4ccccc4c23)c(C(C)C)c1. The van der Waals surface area contributed by atoms with Crippen molar-refractivity contribution >= 4 is 51.7 Å². The lowest BCUT2D eigenvalue weighted by molar-refractivity contribution is -0.170. The maximum Gasteiger partial charge on any atom is 0.149 e. The fourth-order valence-electron chi connectivity index (χ4n) is 8.42. The second kappa shape index (κ2) is 14.7. The molecule has 3 nitrogen and oxygen atoms in total. The van der Waals surface area contributed by atoms with Gasteiger partial charge in [0.1, 0.15) is 19.4 Å². The van der Waals surface area contributed by atoms with Crippen molar-refractivity contribution in [3.05, 3.63) is 118 Å². The lowest BCUT2D eigenvalue weighted by Gasteiger charge is -2.24. The molecule has 0 saturated heterocycles. The molecule has 1 aromatic heterocycles. The van der Waals surface area contributed by atoms with Crippen LogP contribution in [0.2, 0.25) is 0 Å². The zero-order chi connectivity index (χ0) is 38.7. The first-order valence-corrected chi connectivity index (χ1v) is 21.1. The van der Waals surface area contributed by atoms with Gasteiger partial charge < -0.3 is 13.3 Å². The molecule has 0 atom stereocenters. The lowest BCUT2D eigenvalue weighted by Crippen LogP contribution is -2.04. The molecular weight excluding hydrogens is 680 g/mol. The van der Waals surface area contributed by atoms with Crippen LogP contribution in [-0.2, 0) is 0 Å². The van der Waals surface area contributed by atoms with E-state index in [2.05, 4.69) is 168 Å². The molecule has 0 aliphatic heterocycles. The fourth-order valence-corrected chi connectivity index (χ4v) is 9.13. The third-order valence-electron chi connectivity index (χ3n) is 11.4. The van der Waals surface area contributed by atoms with Gasteiger partial charge in [0, 0.05) is 21.9 Å². The first kappa shape index (κ1) is 38.0. The molecule has 0 amide bonds. The van der Waals surface area contributed by atoms with Crippen LogP contribution in [0.25, 0.3) is 65.7 Å². The molecular formula is C50H56O3P-. The number of hydrogen-bond donors (Lipinski definition) is 0. The molecule has 4 heteroatoms. The second-order valence-corrected chi connectivity index (χ2v) is 18.0. The molecule has 6 aromatic carbocycles. The van der Waals surface area contributed by atoms with Gasteiger partial charge in [-0.15, -0.1) is 0 Å². The highest BCUT2D eigenvalue weighted by atomic mass is 31.1. The standard InChI is InChI=1S/C50H56O3P/c1-27(2)35-23-39(29(5)6)45(40(24-35)30(7)8)43-21-33-17-13-15-19-37(33)47-48-38-20-16-14-18-34(38)22-44(50(48)53-54(51)52-49(43)47)46-41(31(9)10)25-36(28(3)4)26-42(46)32(11)12/h13-32H,1-12H3/q-1. The van der Waals surface area contributed by atoms with Gasteiger partial charge in [0.05, 0.1) is 0 Å². The molecule has 0 aliphatic carbocycles. The highest BCUT2D eigenvalue weighted by Gasteiger charge is 2.26. The highest BCUT2D eigenvalue weighted by molar-refractivity contribution is 7.28. The average molecular weight is 736 g/mol. The number of benzene rings is 6. The molecule has 7 rings (SSSR count). The zero-order valence-electron chi connectivity index (χ0n) is 34.2. The summed E-state index contributed by atoms with van der Waals surface area (Å²) < 4.78 is 13.4. The van der Waals surface area contributed by atoms with E-state index >= 15 is 0 Å². The Labute approximate surface area is 323 Å². The molecule has 0 saturated carbocycles. The van der Waals surface area contributed by atoms with Crippen molar-refractivity contribution in [2.75, 3.05) is 0 Å². The first-order valence-electron chi connectivity index (χ1n) is 20.0. The Balaban J connectivity index is 1.79. The topological polar surface area (TPSA) is 49.3 Å². The summed E-state index contributed by atoms with van der Waals surface area (Å²) in [5.74, 6) is 1.80. The Bertz CT molecular complexity index is 2350. The molecule has 0 spiro atoms. The monoisotopic (exact) mass is 735 g/mol. The van der Waals surface area contributed by atoms with Crippen molar-refractivity contribution in [1.82, 2.24) is 0 Å². The van der Waals surface area contributed by atoms with Gasteiger partial charge in [0.15, 0.2) is 0 Å². The van der Waals surface area contributed by atoms with Gasteiger partial charge in [-0.1, -0.05) is 156 Å². The summed E-state index contributed by atoms with van der Waals surface area (Å²) in [6.45, 7) is 27.2. The summed E-state index contributed by atoms with van der Waals surface area (Å²) in [6.07, 6.45) is 0. The Hall–Kier alpha value is -4.30. The highest BCUT2D eigenvalue weighted by Crippen LogP contribution is 2.50. The van der Waals surface area contributed by atoms with E-state index in [1.165, 1.54) is 44.5 Å². The molecule has 7 aromatic rings. The number of rotatable bonds is 8. The minimum absolute atomic E-state index is 0.256. The number of hydrogen-bond acceptors (Lipinski definition) is 3. The Morgan fingerprint density at radius 1 is 0.426 bits per heavy atom. The van der Waals surface area contributed by atoms with Gasteiger partial charge in [0.2, 0.25) is 0 Å². The van der Waals surface area contributed by atoms with E-state index < -0.39 is 8.24 Å². The maximum absolute atomic E-state index is 14.5. The molecule has 1 heterocycles.